The number of aromatic hydroxyl groups is 1. The Bertz CT molecular complexity index is 511. The van der Waals surface area contributed by atoms with Crippen molar-refractivity contribution in [3.8, 4) is 5.75 Å². The van der Waals surface area contributed by atoms with Crippen molar-refractivity contribution in [2.75, 3.05) is 0 Å². The van der Waals surface area contributed by atoms with Crippen molar-refractivity contribution in [2.24, 2.45) is 5.92 Å². The molecule has 0 fully saturated rings. The van der Waals surface area contributed by atoms with E-state index in [9.17, 15) is 5.11 Å². The van der Waals surface area contributed by atoms with Gasteiger partial charge in [0.15, 0.2) is 0 Å². The number of rotatable bonds is 7. The Labute approximate surface area is 162 Å². The molecule has 1 aromatic rings. The lowest BCUT2D eigenvalue weighted by Crippen LogP contribution is -2.18. The summed E-state index contributed by atoms with van der Waals surface area (Å²) in [5.74, 6) is 1.24. The van der Waals surface area contributed by atoms with Crippen molar-refractivity contribution in [1.29, 1.82) is 0 Å². The molecule has 1 unspecified atom stereocenters. The summed E-state index contributed by atoms with van der Waals surface area (Å²) in [6.45, 7) is 17.5. The molecule has 143 valence electrons. The maximum Gasteiger partial charge on any atom is 0.123 e. The largest absolute Gasteiger partial charge is 0.507 e. The molecular weight excluding hydrogens is 324 g/mol. The summed E-state index contributed by atoms with van der Waals surface area (Å²) >= 11 is 5.83. The molecule has 1 rings (SSSR count). The lowest BCUT2D eigenvalue weighted by atomic mass is 9.78. The third-order valence-electron chi connectivity index (χ3n) is 4.87. The van der Waals surface area contributed by atoms with E-state index in [1.165, 1.54) is 31.2 Å². The van der Waals surface area contributed by atoms with E-state index in [0.29, 0.717) is 5.75 Å². The van der Waals surface area contributed by atoms with E-state index in [0.717, 1.165) is 23.5 Å². The lowest BCUT2D eigenvalue weighted by molar-refractivity contribution is 0.422. The first-order valence-electron chi connectivity index (χ1n) is 9.87. The average molecular weight is 364 g/mol. The maximum absolute atomic E-state index is 10.8. The summed E-state index contributed by atoms with van der Waals surface area (Å²) in [4.78, 5) is 0. The van der Waals surface area contributed by atoms with Gasteiger partial charge in [0.2, 0.25) is 0 Å². The molecule has 0 heterocycles. The molecule has 2 heteroatoms. The second-order valence-electron chi connectivity index (χ2n) is 9.99. The van der Waals surface area contributed by atoms with Gasteiger partial charge in [0.25, 0.3) is 0 Å². The van der Waals surface area contributed by atoms with Crippen molar-refractivity contribution >= 4 is 12.6 Å². The topological polar surface area (TPSA) is 20.2 Å². The third-order valence-corrected chi connectivity index (χ3v) is 5.38. The Kier molecular flexibility index (Phi) is 7.93. The van der Waals surface area contributed by atoms with Crippen molar-refractivity contribution in [3.63, 3.8) is 0 Å². The highest BCUT2D eigenvalue weighted by atomic mass is 32.1. The lowest BCUT2D eigenvalue weighted by Gasteiger charge is -2.29. The van der Waals surface area contributed by atoms with Gasteiger partial charge in [-0.1, -0.05) is 106 Å². The van der Waals surface area contributed by atoms with Crippen molar-refractivity contribution < 1.29 is 5.11 Å². The van der Waals surface area contributed by atoms with Gasteiger partial charge in [0.1, 0.15) is 5.75 Å². The molecule has 0 aliphatic heterocycles. The highest BCUT2D eigenvalue weighted by Gasteiger charge is 2.27. The molecule has 1 nitrogen and oxygen atoms in total. The standard InChI is InChI=1S/C23H39OS/c1-16(2)12-10-9-11-13-20(25)17-14-18(22(3,4)5)21(24)19(15-17)23(6,7)8/h14-16,20,24H,9-13H2,1-8H3. The Hall–Kier alpha value is -0.630. The van der Waals surface area contributed by atoms with Gasteiger partial charge >= 0.3 is 0 Å². The van der Waals surface area contributed by atoms with Crippen LogP contribution in [-0.2, 0) is 10.8 Å². The molecule has 0 bridgehead atoms. The van der Waals surface area contributed by atoms with Crippen molar-refractivity contribution in [3.05, 3.63) is 28.8 Å². The van der Waals surface area contributed by atoms with Crippen molar-refractivity contribution in [2.45, 2.75) is 104 Å². The Balaban J connectivity index is 2.98. The SMILES string of the molecule is CC(C)CCCCCC([S])c1cc(C(C)(C)C)c(O)c(C(C)(C)C)c1. The van der Waals surface area contributed by atoms with Gasteiger partial charge in [-0.3, -0.25) is 0 Å². The molecule has 1 aromatic carbocycles. The zero-order valence-corrected chi connectivity index (χ0v) is 18.5. The summed E-state index contributed by atoms with van der Waals surface area (Å²) in [5, 5.41) is 11.0. The first-order chi connectivity index (χ1) is 11.3. The molecule has 25 heavy (non-hydrogen) atoms. The summed E-state index contributed by atoms with van der Waals surface area (Å²) in [6.07, 6.45) is 6.12. The van der Waals surface area contributed by atoms with E-state index in [4.69, 9.17) is 12.6 Å². The monoisotopic (exact) mass is 363 g/mol. The van der Waals surface area contributed by atoms with Crippen LogP contribution in [0.15, 0.2) is 12.1 Å². The second-order valence-corrected chi connectivity index (χ2v) is 10.6. The van der Waals surface area contributed by atoms with Gasteiger partial charge in [0.05, 0.1) is 0 Å². The minimum atomic E-state index is -0.0909. The van der Waals surface area contributed by atoms with E-state index in [1.54, 1.807) is 0 Å². The van der Waals surface area contributed by atoms with Gasteiger partial charge in [-0.25, -0.2) is 0 Å². The zero-order valence-electron chi connectivity index (χ0n) is 17.7. The molecule has 0 saturated carbocycles. The van der Waals surface area contributed by atoms with Gasteiger partial charge in [-0.2, -0.15) is 0 Å². The van der Waals surface area contributed by atoms with Gasteiger partial charge in [-0.05, 0) is 39.9 Å². The second kappa shape index (κ2) is 8.84. The zero-order chi connectivity index (χ0) is 19.4. The van der Waals surface area contributed by atoms with E-state index in [2.05, 4.69) is 67.5 Å². The van der Waals surface area contributed by atoms with E-state index in [-0.39, 0.29) is 16.1 Å². The molecular formula is C23H39OS. The van der Waals surface area contributed by atoms with Crippen LogP contribution in [0.2, 0.25) is 0 Å². The molecule has 0 aromatic heterocycles. The van der Waals surface area contributed by atoms with Crippen LogP contribution < -0.4 is 0 Å². The molecule has 0 aliphatic rings. The fraction of sp³-hybridized carbons (Fsp3) is 0.739. The minimum Gasteiger partial charge on any atom is -0.507 e. The molecule has 1 N–H and O–H groups in total. The number of benzene rings is 1. The Morgan fingerprint density at radius 3 is 1.68 bits per heavy atom. The minimum absolute atomic E-state index is 0.0909. The Morgan fingerprint density at radius 2 is 1.28 bits per heavy atom. The Morgan fingerprint density at radius 1 is 0.840 bits per heavy atom. The molecule has 1 radical (unpaired) electrons. The van der Waals surface area contributed by atoms with Gasteiger partial charge < -0.3 is 5.11 Å². The predicted molar refractivity (Wildman–Crippen MR) is 114 cm³/mol. The number of phenolic OH excluding ortho intramolecular Hbond substituents is 1. The van der Waals surface area contributed by atoms with Crippen molar-refractivity contribution in [1.82, 2.24) is 0 Å². The van der Waals surface area contributed by atoms with Crippen LogP contribution in [0.1, 0.15) is 109 Å². The highest BCUT2D eigenvalue weighted by Crippen LogP contribution is 2.42. The van der Waals surface area contributed by atoms with Crippen LogP contribution in [0.3, 0.4) is 0 Å². The fourth-order valence-corrected chi connectivity index (χ4v) is 3.51. The molecule has 0 saturated heterocycles. The number of hydrogen-bond donors (Lipinski definition) is 1. The molecule has 0 spiro atoms. The van der Waals surface area contributed by atoms with Crippen LogP contribution >= 0.6 is 12.6 Å². The third kappa shape index (κ3) is 6.89. The van der Waals surface area contributed by atoms with Crippen LogP contribution in [0.25, 0.3) is 0 Å². The normalized spacial score (nSPS) is 14.2. The van der Waals surface area contributed by atoms with E-state index < -0.39 is 0 Å². The van der Waals surface area contributed by atoms with Crippen LogP contribution in [-0.4, -0.2) is 5.11 Å². The predicted octanol–water partition coefficient (Wildman–Crippen LogP) is 7.83. The number of hydrogen-bond acceptors (Lipinski definition) is 1. The van der Waals surface area contributed by atoms with Crippen LogP contribution in [0.4, 0.5) is 0 Å². The molecule has 0 amide bonds. The summed E-state index contributed by atoms with van der Waals surface area (Å²) in [5.41, 5.74) is 3.06. The quantitative estimate of drug-likeness (QED) is 0.489. The molecule has 0 aliphatic carbocycles. The van der Waals surface area contributed by atoms with Crippen LogP contribution in [0, 0.1) is 5.92 Å². The summed E-state index contributed by atoms with van der Waals surface area (Å²) in [6, 6.07) is 4.30. The highest BCUT2D eigenvalue weighted by molar-refractivity contribution is 7.80. The summed E-state index contributed by atoms with van der Waals surface area (Å²) in [7, 11) is 0. The number of unbranched alkanes of at least 4 members (excludes halogenated alkanes) is 2. The first-order valence-corrected chi connectivity index (χ1v) is 10.3. The smallest absolute Gasteiger partial charge is 0.123 e. The van der Waals surface area contributed by atoms with Crippen LogP contribution in [0.5, 0.6) is 5.75 Å². The van der Waals surface area contributed by atoms with E-state index >= 15 is 0 Å². The van der Waals surface area contributed by atoms with Gasteiger partial charge in [-0.15, -0.1) is 0 Å². The fourth-order valence-electron chi connectivity index (χ4n) is 3.21. The first kappa shape index (κ1) is 22.4. The molecule has 1 atom stereocenters. The summed E-state index contributed by atoms with van der Waals surface area (Å²) < 4.78 is 0. The number of phenols is 1. The average Bonchev–Trinajstić information content (AvgIpc) is 2.44. The van der Waals surface area contributed by atoms with Gasteiger partial charge in [0, 0.05) is 5.25 Å². The maximum atomic E-state index is 10.8. The van der Waals surface area contributed by atoms with E-state index in [1.807, 2.05) is 0 Å².